The summed E-state index contributed by atoms with van der Waals surface area (Å²) in [5.41, 5.74) is 0. The van der Waals surface area contributed by atoms with E-state index in [9.17, 15) is 0 Å². The monoisotopic (exact) mass is 189 g/mol. The van der Waals surface area contributed by atoms with Gasteiger partial charge in [0.05, 0.1) is 0 Å². The summed E-state index contributed by atoms with van der Waals surface area (Å²) in [7, 11) is 2.20. The molecule has 0 aromatic carbocycles. The molecule has 0 fully saturated rings. The van der Waals surface area contributed by atoms with Crippen LogP contribution in [0.2, 0.25) is 0 Å². The van der Waals surface area contributed by atoms with E-state index in [1.54, 1.807) is 0 Å². The molecular weight excluding hydrogens is 166 g/mol. The summed E-state index contributed by atoms with van der Waals surface area (Å²) in [4.78, 5) is 2.43. The maximum Gasteiger partial charge on any atom is 0.00663 e. The molecule has 0 rings (SSSR count). The van der Waals surface area contributed by atoms with Gasteiger partial charge in [-0.3, -0.25) is 0 Å². The van der Waals surface area contributed by atoms with E-state index >= 15 is 0 Å². The summed E-state index contributed by atoms with van der Waals surface area (Å²) in [5.74, 6) is 1.80. The number of rotatable bonds is 6. The Kier molecular flexibility index (Phi) is 6.96. The van der Waals surface area contributed by atoms with Crippen molar-refractivity contribution in [3.05, 3.63) is 0 Å². The molecule has 0 radical (unpaired) electrons. The highest BCUT2D eigenvalue weighted by atomic mass is 32.1. The van der Waals surface area contributed by atoms with E-state index in [4.69, 9.17) is 0 Å². The SMILES string of the molecule is CC(C)CC(C)N(C)CCCS. The van der Waals surface area contributed by atoms with Gasteiger partial charge in [-0.15, -0.1) is 0 Å². The third-order valence-electron chi connectivity index (χ3n) is 2.23. The Hall–Kier alpha value is 0.310. The molecule has 74 valence electrons. The first kappa shape index (κ1) is 12.3. The molecule has 0 heterocycles. The molecule has 0 aromatic rings. The topological polar surface area (TPSA) is 3.24 Å². The number of hydrogen-bond acceptors (Lipinski definition) is 2. The second kappa shape index (κ2) is 6.79. The maximum absolute atomic E-state index is 4.21. The standard InChI is InChI=1S/C10H23NS/c1-9(2)8-10(3)11(4)6-5-7-12/h9-10,12H,5-8H2,1-4H3. The van der Waals surface area contributed by atoms with Crippen molar-refractivity contribution in [1.29, 1.82) is 0 Å². The molecule has 0 saturated carbocycles. The summed E-state index contributed by atoms with van der Waals surface area (Å²) in [6, 6.07) is 0.713. The lowest BCUT2D eigenvalue weighted by atomic mass is 10.0. The van der Waals surface area contributed by atoms with Gasteiger partial charge in [-0.25, -0.2) is 0 Å². The van der Waals surface area contributed by atoms with Crippen molar-refractivity contribution < 1.29 is 0 Å². The van der Waals surface area contributed by atoms with Crippen LogP contribution in [0, 0.1) is 5.92 Å². The normalized spacial score (nSPS) is 14.2. The predicted octanol–water partition coefficient (Wildman–Crippen LogP) is 2.67. The van der Waals surface area contributed by atoms with E-state index in [0.29, 0.717) is 6.04 Å². The molecule has 1 nitrogen and oxygen atoms in total. The summed E-state index contributed by atoms with van der Waals surface area (Å²) in [6.45, 7) is 8.04. The van der Waals surface area contributed by atoms with E-state index in [-0.39, 0.29) is 0 Å². The molecule has 0 amide bonds. The summed E-state index contributed by atoms with van der Waals surface area (Å²) in [6.07, 6.45) is 2.49. The Labute approximate surface area is 82.9 Å². The second-order valence-corrected chi connectivity index (χ2v) is 4.48. The van der Waals surface area contributed by atoms with Crippen LogP contribution >= 0.6 is 12.6 Å². The quantitative estimate of drug-likeness (QED) is 0.629. The zero-order valence-corrected chi connectivity index (χ0v) is 9.77. The number of nitrogens with zero attached hydrogens (tertiary/aromatic N) is 1. The third kappa shape index (κ3) is 5.90. The highest BCUT2D eigenvalue weighted by molar-refractivity contribution is 7.80. The van der Waals surface area contributed by atoms with Crippen LogP contribution in [-0.4, -0.2) is 30.3 Å². The van der Waals surface area contributed by atoms with Gasteiger partial charge in [0.15, 0.2) is 0 Å². The lowest BCUT2D eigenvalue weighted by molar-refractivity contribution is 0.229. The van der Waals surface area contributed by atoms with Gasteiger partial charge in [-0.1, -0.05) is 13.8 Å². The molecule has 0 aliphatic heterocycles. The van der Waals surface area contributed by atoms with Crippen LogP contribution in [0.15, 0.2) is 0 Å². The lowest BCUT2D eigenvalue weighted by Gasteiger charge is -2.25. The highest BCUT2D eigenvalue weighted by Gasteiger charge is 2.09. The van der Waals surface area contributed by atoms with Crippen LogP contribution < -0.4 is 0 Å². The summed E-state index contributed by atoms with van der Waals surface area (Å²) < 4.78 is 0. The molecule has 0 spiro atoms. The van der Waals surface area contributed by atoms with Crippen molar-refractivity contribution >= 4 is 12.6 Å². The van der Waals surface area contributed by atoms with Crippen LogP contribution in [0.1, 0.15) is 33.6 Å². The van der Waals surface area contributed by atoms with Gasteiger partial charge in [0, 0.05) is 6.04 Å². The third-order valence-corrected chi connectivity index (χ3v) is 2.55. The van der Waals surface area contributed by atoms with Gasteiger partial charge in [-0.05, 0) is 45.0 Å². The molecule has 0 saturated heterocycles. The lowest BCUT2D eigenvalue weighted by Crippen LogP contribution is -2.31. The fourth-order valence-corrected chi connectivity index (χ4v) is 1.54. The zero-order valence-electron chi connectivity index (χ0n) is 8.88. The smallest absolute Gasteiger partial charge is 0.00663 e. The Morgan fingerprint density at radius 3 is 2.25 bits per heavy atom. The molecule has 2 heteroatoms. The van der Waals surface area contributed by atoms with Crippen molar-refractivity contribution in [2.45, 2.75) is 39.7 Å². The highest BCUT2D eigenvalue weighted by Crippen LogP contribution is 2.09. The van der Waals surface area contributed by atoms with Crippen LogP contribution in [0.5, 0.6) is 0 Å². The average Bonchev–Trinajstić information content (AvgIpc) is 1.98. The summed E-state index contributed by atoms with van der Waals surface area (Å²) >= 11 is 4.21. The predicted molar refractivity (Wildman–Crippen MR) is 60.0 cm³/mol. The first-order valence-corrected chi connectivity index (χ1v) is 5.52. The Morgan fingerprint density at radius 1 is 1.25 bits per heavy atom. The Morgan fingerprint density at radius 2 is 1.83 bits per heavy atom. The number of thiol groups is 1. The van der Waals surface area contributed by atoms with Crippen molar-refractivity contribution in [1.82, 2.24) is 4.90 Å². The van der Waals surface area contributed by atoms with E-state index in [2.05, 4.69) is 45.3 Å². The fourth-order valence-electron chi connectivity index (χ4n) is 1.40. The fraction of sp³-hybridized carbons (Fsp3) is 1.00. The zero-order chi connectivity index (χ0) is 9.56. The van der Waals surface area contributed by atoms with E-state index in [1.807, 2.05) is 0 Å². The minimum Gasteiger partial charge on any atom is -0.304 e. The van der Waals surface area contributed by atoms with Crippen LogP contribution in [0.25, 0.3) is 0 Å². The first-order valence-electron chi connectivity index (χ1n) is 4.89. The van der Waals surface area contributed by atoms with Crippen molar-refractivity contribution in [3.63, 3.8) is 0 Å². The van der Waals surface area contributed by atoms with E-state index in [1.165, 1.54) is 19.4 Å². The molecule has 0 aromatic heterocycles. The minimum absolute atomic E-state index is 0.713. The average molecular weight is 189 g/mol. The van der Waals surface area contributed by atoms with Gasteiger partial charge < -0.3 is 4.90 Å². The van der Waals surface area contributed by atoms with Gasteiger partial charge in [0.1, 0.15) is 0 Å². The second-order valence-electron chi connectivity index (χ2n) is 4.04. The Bertz CT molecular complexity index is 104. The van der Waals surface area contributed by atoms with Crippen molar-refractivity contribution in [3.8, 4) is 0 Å². The first-order chi connectivity index (χ1) is 5.57. The Balaban J connectivity index is 3.53. The molecule has 1 atom stereocenters. The van der Waals surface area contributed by atoms with Gasteiger partial charge in [0.2, 0.25) is 0 Å². The van der Waals surface area contributed by atoms with Crippen molar-refractivity contribution in [2.75, 3.05) is 19.3 Å². The molecule has 0 aliphatic rings. The van der Waals surface area contributed by atoms with Gasteiger partial charge >= 0.3 is 0 Å². The molecule has 0 bridgehead atoms. The molecular formula is C10H23NS. The van der Waals surface area contributed by atoms with Gasteiger partial charge in [0.25, 0.3) is 0 Å². The maximum atomic E-state index is 4.21. The summed E-state index contributed by atoms with van der Waals surface area (Å²) in [5, 5.41) is 0. The van der Waals surface area contributed by atoms with Gasteiger partial charge in [-0.2, -0.15) is 12.6 Å². The molecule has 0 aliphatic carbocycles. The minimum atomic E-state index is 0.713. The van der Waals surface area contributed by atoms with E-state index in [0.717, 1.165) is 11.7 Å². The number of hydrogen-bond donors (Lipinski definition) is 1. The molecule has 0 N–H and O–H groups in total. The largest absolute Gasteiger partial charge is 0.304 e. The van der Waals surface area contributed by atoms with Crippen molar-refractivity contribution in [2.24, 2.45) is 5.92 Å². The van der Waals surface area contributed by atoms with Crippen LogP contribution in [0.3, 0.4) is 0 Å². The van der Waals surface area contributed by atoms with E-state index < -0.39 is 0 Å². The molecule has 12 heavy (non-hydrogen) atoms. The van der Waals surface area contributed by atoms with Crippen LogP contribution in [0.4, 0.5) is 0 Å². The van der Waals surface area contributed by atoms with Crippen LogP contribution in [-0.2, 0) is 0 Å². The molecule has 1 unspecified atom stereocenters.